The Morgan fingerprint density at radius 2 is 1.78 bits per heavy atom. The Kier molecular flexibility index (Phi) is 6.86. The van der Waals surface area contributed by atoms with Crippen molar-refractivity contribution in [1.82, 2.24) is 4.90 Å². The quantitative estimate of drug-likeness (QED) is 0.682. The molecule has 2 aliphatic rings. The summed E-state index contributed by atoms with van der Waals surface area (Å²) < 4.78 is 45.0. The van der Waals surface area contributed by atoms with Crippen molar-refractivity contribution in [1.29, 1.82) is 0 Å². The third-order valence-corrected chi connectivity index (χ3v) is 6.91. The summed E-state index contributed by atoms with van der Waals surface area (Å²) in [6.07, 6.45) is 2.81. The van der Waals surface area contributed by atoms with Crippen LogP contribution in [-0.4, -0.2) is 58.2 Å². The number of hydrogen-bond acceptors (Lipinski definition) is 6. The van der Waals surface area contributed by atoms with Crippen LogP contribution in [0.15, 0.2) is 47.4 Å². The Labute approximate surface area is 188 Å². The molecular weight excluding hydrogens is 432 g/mol. The molecule has 9 heteroatoms. The Hall–Kier alpha value is -2.78. The minimum atomic E-state index is -3.83. The molecule has 0 aliphatic carbocycles. The van der Waals surface area contributed by atoms with E-state index >= 15 is 0 Å². The highest BCUT2D eigenvalue weighted by Crippen LogP contribution is 2.32. The van der Waals surface area contributed by atoms with E-state index < -0.39 is 10.0 Å². The van der Waals surface area contributed by atoms with Crippen molar-refractivity contribution >= 4 is 21.6 Å². The number of benzene rings is 2. The third-order valence-electron chi connectivity index (χ3n) is 5.53. The molecule has 1 amide bonds. The summed E-state index contributed by atoms with van der Waals surface area (Å²) in [6.45, 7) is 4.83. The molecule has 1 saturated heterocycles. The van der Waals surface area contributed by atoms with Gasteiger partial charge in [-0.1, -0.05) is 0 Å². The van der Waals surface area contributed by atoms with E-state index in [1.165, 1.54) is 12.1 Å². The number of anilines is 1. The monoisotopic (exact) mass is 460 g/mol. The Balaban J connectivity index is 1.44. The number of amides is 1. The van der Waals surface area contributed by atoms with Gasteiger partial charge in [0.25, 0.3) is 15.9 Å². The predicted octanol–water partition coefficient (Wildman–Crippen LogP) is 3.29. The molecule has 1 unspecified atom stereocenters. The molecule has 1 atom stereocenters. The average Bonchev–Trinajstić information content (AvgIpc) is 3.19. The van der Waals surface area contributed by atoms with Crippen LogP contribution in [-0.2, 0) is 14.8 Å². The smallest absolute Gasteiger partial charge is 0.262 e. The molecule has 8 nitrogen and oxygen atoms in total. The molecule has 0 bridgehead atoms. The number of sulfonamides is 1. The number of hydrogen-bond donors (Lipinski definition) is 1. The SMILES string of the molecule is CCN(CC1CCCO1)C(=O)c1ccc(NS(=O)(=O)c2ccc3c(c2)OCCCO3)cc1. The minimum absolute atomic E-state index is 0.0793. The summed E-state index contributed by atoms with van der Waals surface area (Å²) in [5, 5.41) is 0. The van der Waals surface area contributed by atoms with Gasteiger partial charge in [0.1, 0.15) is 0 Å². The topological polar surface area (TPSA) is 94.2 Å². The summed E-state index contributed by atoms with van der Waals surface area (Å²) in [5.41, 5.74) is 0.874. The first-order valence-electron chi connectivity index (χ1n) is 10.9. The maximum Gasteiger partial charge on any atom is 0.262 e. The number of nitrogens with zero attached hydrogens (tertiary/aromatic N) is 1. The van der Waals surface area contributed by atoms with E-state index in [0.717, 1.165) is 25.9 Å². The molecule has 1 N–H and O–H groups in total. The molecular formula is C23H28N2O6S. The molecule has 0 radical (unpaired) electrons. The van der Waals surface area contributed by atoms with Crippen LogP contribution in [0.3, 0.4) is 0 Å². The van der Waals surface area contributed by atoms with Gasteiger partial charge in [0.15, 0.2) is 11.5 Å². The van der Waals surface area contributed by atoms with Crippen LogP contribution in [0, 0.1) is 0 Å². The molecule has 2 aromatic rings. The Morgan fingerprint density at radius 1 is 1.03 bits per heavy atom. The zero-order chi connectivity index (χ0) is 22.6. The Bertz CT molecular complexity index is 1050. The van der Waals surface area contributed by atoms with Crippen molar-refractivity contribution in [2.24, 2.45) is 0 Å². The van der Waals surface area contributed by atoms with E-state index in [0.29, 0.717) is 49.1 Å². The first kappa shape index (κ1) is 22.4. The number of carbonyl (C=O) groups excluding carboxylic acids is 1. The zero-order valence-electron chi connectivity index (χ0n) is 18.1. The standard InChI is InChI=1S/C23H28N2O6S/c1-2-25(16-19-5-3-12-29-19)23(26)17-6-8-18(9-7-17)24-32(27,28)20-10-11-21-22(15-20)31-14-4-13-30-21/h6-11,15,19,24H,2-5,12-14,16H2,1H3. The lowest BCUT2D eigenvalue weighted by atomic mass is 10.1. The van der Waals surface area contributed by atoms with E-state index in [9.17, 15) is 13.2 Å². The summed E-state index contributed by atoms with van der Waals surface area (Å²) in [7, 11) is -3.83. The van der Waals surface area contributed by atoms with Crippen molar-refractivity contribution in [3.05, 3.63) is 48.0 Å². The molecule has 2 aliphatic heterocycles. The molecule has 0 spiro atoms. The van der Waals surface area contributed by atoms with Crippen molar-refractivity contribution in [3.8, 4) is 11.5 Å². The summed E-state index contributed by atoms with van der Waals surface area (Å²) >= 11 is 0. The number of fused-ring (bicyclic) bond motifs is 1. The lowest BCUT2D eigenvalue weighted by Crippen LogP contribution is -2.37. The minimum Gasteiger partial charge on any atom is -0.490 e. The molecule has 0 saturated carbocycles. The first-order valence-corrected chi connectivity index (χ1v) is 12.4. The number of likely N-dealkylation sites (N-methyl/N-ethyl adjacent to an activating group) is 1. The van der Waals surface area contributed by atoms with Crippen LogP contribution in [0.1, 0.15) is 36.5 Å². The molecule has 0 aromatic heterocycles. The lowest BCUT2D eigenvalue weighted by Gasteiger charge is -2.24. The lowest BCUT2D eigenvalue weighted by molar-refractivity contribution is 0.0539. The van der Waals surface area contributed by atoms with Crippen molar-refractivity contribution in [2.75, 3.05) is 37.6 Å². The normalized spacial score (nSPS) is 18.1. The van der Waals surface area contributed by atoms with Gasteiger partial charge in [0.05, 0.1) is 24.2 Å². The van der Waals surface area contributed by atoms with E-state index in [2.05, 4.69) is 4.72 Å². The zero-order valence-corrected chi connectivity index (χ0v) is 18.9. The predicted molar refractivity (Wildman–Crippen MR) is 120 cm³/mol. The van der Waals surface area contributed by atoms with Gasteiger partial charge in [0, 0.05) is 43.4 Å². The highest BCUT2D eigenvalue weighted by Gasteiger charge is 2.23. The fourth-order valence-corrected chi connectivity index (χ4v) is 4.85. The largest absolute Gasteiger partial charge is 0.490 e. The summed E-state index contributed by atoms with van der Waals surface area (Å²) in [5.74, 6) is 0.852. The molecule has 32 heavy (non-hydrogen) atoms. The van der Waals surface area contributed by atoms with Gasteiger partial charge in [0.2, 0.25) is 0 Å². The van der Waals surface area contributed by atoms with E-state index in [1.807, 2.05) is 6.92 Å². The van der Waals surface area contributed by atoms with Gasteiger partial charge in [-0.2, -0.15) is 0 Å². The van der Waals surface area contributed by atoms with Crippen LogP contribution in [0.5, 0.6) is 11.5 Å². The van der Waals surface area contributed by atoms with E-state index in [1.54, 1.807) is 35.2 Å². The van der Waals surface area contributed by atoms with Crippen LogP contribution in [0.4, 0.5) is 5.69 Å². The molecule has 4 rings (SSSR count). The molecule has 172 valence electrons. The molecule has 2 heterocycles. The Morgan fingerprint density at radius 3 is 2.47 bits per heavy atom. The van der Waals surface area contributed by atoms with Crippen LogP contribution in [0.25, 0.3) is 0 Å². The summed E-state index contributed by atoms with van der Waals surface area (Å²) in [4.78, 5) is 14.7. The van der Waals surface area contributed by atoms with Gasteiger partial charge >= 0.3 is 0 Å². The van der Waals surface area contributed by atoms with E-state index in [-0.39, 0.29) is 16.9 Å². The van der Waals surface area contributed by atoms with Gasteiger partial charge in [-0.3, -0.25) is 9.52 Å². The number of carbonyl (C=O) groups is 1. The second-order valence-corrected chi connectivity index (χ2v) is 9.50. The average molecular weight is 461 g/mol. The highest BCUT2D eigenvalue weighted by molar-refractivity contribution is 7.92. The molecule has 2 aromatic carbocycles. The van der Waals surface area contributed by atoms with Crippen molar-refractivity contribution < 1.29 is 27.4 Å². The molecule has 1 fully saturated rings. The second-order valence-electron chi connectivity index (χ2n) is 7.82. The van der Waals surface area contributed by atoms with Gasteiger partial charge in [-0.15, -0.1) is 0 Å². The maximum absolute atomic E-state index is 12.9. The first-order chi connectivity index (χ1) is 15.5. The number of rotatable bonds is 7. The van der Waals surface area contributed by atoms with Crippen LogP contribution < -0.4 is 14.2 Å². The van der Waals surface area contributed by atoms with E-state index in [4.69, 9.17) is 14.2 Å². The van der Waals surface area contributed by atoms with Crippen molar-refractivity contribution in [3.63, 3.8) is 0 Å². The number of nitrogens with one attached hydrogen (secondary N) is 1. The van der Waals surface area contributed by atoms with Gasteiger partial charge in [-0.25, -0.2) is 8.42 Å². The third kappa shape index (κ3) is 5.16. The maximum atomic E-state index is 12.9. The fraction of sp³-hybridized carbons (Fsp3) is 0.435. The number of ether oxygens (including phenoxy) is 3. The van der Waals surface area contributed by atoms with Crippen LogP contribution >= 0.6 is 0 Å². The summed E-state index contributed by atoms with van der Waals surface area (Å²) in [6, 6.07) is 11.0. The van der Waals surface area contributed by atoms with Crippen molar-refractivity contribution in [2.45, 2.75) is 37.2 Å². The highest BCUT2D eigenvalue weighted by atomic mass is 32.2. The van der Waals surface area contributed by atoms with Gasteiger partial charge < -0.3 is 19.1 Å². The van der Waals surface area contributed by atoms with Crippen LogP contribution in [0.2, 0.25) is 0 Å². The van der Waals surface area contributed by atoms with Gasteiger partial charge in [-0.05, 0) is 56.2 Å². The fourth-order valence-electron chi connectivity index (χ4n) is 3.78. The second kappa shape index (κ2) is 9.79.